The predicted octanol–water partition coefficient (Wildman–Crippen LogP) is 3.80. The van der Waals surface area contributed by atoms with E-state index in [2.05, 4.69) is 40.8 Å². The number of allylic oxidation sites excluding steroid dienone is 4. The molecule has 428 valence electrons. The second-order valence-corrected chi connectivity index (χ2v) is 26.5. The fourth-order valence-electron chi connectivity index (χ4n) is 10.8. The maximum absolute atomic E-state index is 13.1. The Labute approximate surface area is 451 Å². The number of phosphoric ester groups is 1. The monoisotopic (exact) mass is 1200 g/mol. The number of aliphatic hydroxyl groups excluding tert-OH is 1. The summed E-state index contributed by atoms with van der Waals surface area (Å²) in [6.45, 7) is 10.1. The van der Waals surface area contributed by atoms with E-state index in [-0.39, 0.29) is 58.6 Å². The first-order chi connectivity index (χ1) is 36.8. The molecule has 8 rings (SSSR count). The Hall–Kier alpha value is -5.59. The zero-order valence-electron chi connectivity index (χ0n) is 42.3. The lowest BCUT2D eigenvalue weighted by Crippen LogP contribution is -2.43. The van der Waals surface area contributed by atoms with Crippen LogP contribution in [-0.4, -0.2) is 137 Å². The number of alkyl carbamates (subject to hydrolysis) is 1. The highest BCUT2D eigenvalue weighted by molar-refractivity contribution is 7.86. The van der Waals surface area contributed by atoms with Gasteiger partial charge in [-0.1, -0.05) is 12.7 Å². The lowest BCUT2D eigenvalue weighted by Gasteiger charge is -2.40. The number of hydrogen-bond acceptors (Lipinski definition) is 19. The van der Waals surface area contributed by atoms with Crippen LogP contribution in [0.15, 0.2) is 94.9 Å². The van der Waals surface area contributed by atoms with Gasteiger partial charge in [0, 0.05) is 67.5 Å². The summed E-state index contributed by atoms with van der Waals surface area (Å²) in [5.74, 6) is -1.52. The fourth-order valence-corrected chi connectivity index (χ4v) is 14.9. The summed E-state index contributed by atoms with van der Waals surface area (Å²) in [6, 6.07) is 7.69. The van der Waals surface area contributed by atoms with E-state index in [4.69, 9.17) is 24.8 Å². The number of likely N-dealkylation sites (N-methyl/N-ethyl adjacent to an activating group) is 1. The SMILES string of the molecule is C=C1C2(C)C(=[N+](CCCCCC(=O)NCCNC(=O)O[C@@H]3[C@@H](COP(=O)(O)OP(=O)(O)OP(=O)(O)O)C[C@@H](n4cnc5c(N)ncnc54)[C@@H]3O)c3ccc(S(=O)(=O)O)cc32)/C=C/C=C2/N(CC)c3ccc(S(=O)(=O)O)cc3C12C. The molecule has 2 aromatic carbocycles. The van der Waals surface area contributed by atoms with Crippen molar-refractivity contribution in [2.75, 3.05) is 43.4 Å². The summed E-state index contributed by atoms with van der Waals surface area (Å²) in [7, 11) is -26.5. The van der Waals surface area contributed by atoms with Crippen LogP contribution in [-0.2, 0) is 67.4 Å². The van der Waals surface area contributed by atoms with Gasteiger partial charge in [0.15, 0.2) is 17.2 Å². The number of aromatic nitrogens is 4. The van der Waals surface area contributed by atoms with Gasteiger partial charge >= 0.3 is 29.6 Å². The van der Waals surface area contributed by atoms with Gasteiger partial charge in [-0.2, -0.15) is 30.0 Å². The average molecular weight is 1200 g/mol. The Morgan fingerprint density at radius 2 is 1.57 bits per heavy atom. The number of nitrogens with two attached hydrogens (primary N) is 1. The molecule has 4 unspecified atom stereocenters. The number of amides is 2. The number of anilines is 2. The molecule has 11 N–H and O–H groups in total. The van der Waals surface area contributed by atoms with Crippen LogP contribution in [0.2, 0.25) is 0 Å². The largest absolute Gasteiger partial charge is 0.490 e. The van der Waals surface area contributed by atoms with Gasteiger partial charge in [-0.15, -0.1) is 0 Å². The van der Waals surface area contributed by atoms with Crippen molar-refractivity contribution >= 4 is 89.8 Å². The van der Waals surface area contributed by atoms with Crippen molar-refractivity contribution in [3.8, 4) is 0 Å². The van der Waals surface area contributed by atoms with E-state index in [9.17, 15) is 64.1 Å². The molecule has 1 fully saturated rings. The quantitative estimate of drug-likeness (QED) is 0.0186. The molecule has 0 saturated heterocycles. The molecule has 0 bridgehead atoms. The van der Waals surface area contributed by atoms with E-state index in [1.807, 2.05) is 48.5 Å². The van der Waals surface area contributed by atoms with Gasteiger partial charge in [0.1, 0.15) is 36.0 Å². The standard InChI is InChI=1S/C45H56N9O20P3S2/c1-5-52-32-15-13-28(78(65,66)67)21-30(32)44(3)26(2)45(4)31-22-29(79(68,69)70)14-16-33(31)53(36(45)11-9-10-35(44)52)19-8-6-7-12-37(55)47-17-18-48-43(57)72-40-27(23-71-76(61,62)74-77(63,64)73-75(58,59)60)20-34(39(40)56)54-25-51-38-41(46)49-24-50-42(38)54/h9-11,13-16,21-22,24-25,27,34,39-40,56H,2,5-8,12,17-20,23H2,1,3-4H3,(H9-,46,47,48,49,50,55,57,58,59,60,61,62,63,64,65,66,67,68,69,70)/p+1/t27-,34-,39+,40-,44?,45?/m1/s1. The number of aliphatic hydroxyl groups is 1. The van der Waals surface area contributed by atoms with Crippen LogP contribution in [0.4, 0.5) is 22.0 Å². The molecule has 2 aliphatic carbocycles. The molecule has 34 heteroatoms. The number of carbonyl (C=O) groups is 2. The van der Waals surface area contributed by atoms with E-state index in [0.717, 1.165) is 17.7 Å². The minimum atomic E-state index is -5.87. The van der Waals surface area contributed by atoms with E-state index in [0.29, 0.717) is 60.4 Å². The zero-order chi connectivity index (χ0) is 57.8. The van der Waals surface area contributed by atoms with Gasteiger partial charge in [-0.3, -0.25) is 18.4 Å². The van der Waals surface area contributed by atoms with Crippen molar-refractivity contribution in [2.45, 2.75) is 91.7 Å². The van der Waals surface area contributed by atoms with Crippen LogP contribution >= 0.6 is 23.5 Å². The third-order valence-electron chi connectivity index (χ3n) is 14.4. The molecule has 2 aromatic heterocycles. The predicted molar refractivity (Wildman–Crippen MR) is 279 cm³/mol. The number of phosphoric acid groups is 3. The van der Waals surface area contributed by atoms with E-state index in [1.54, 1.807) is 12.1 Å². The molecule has 2 amide bonds. The van der Waals surface area contributed by atoms with E-state index < -0.39 is 91.4 Å². The number of carbonyl (C=O) groups excluding carboxylic acids is 2. The number of benzene rings is 2. The molecule has 4 aromatic rings. The van der Waals surface area contributed by atoms with Crippen LogP contribution in [0.25, 0.3) is 11.2 Å². The summed E-state index contributed by atoms with van der Waals surface area (Å²) in [6.07, 6.45) is 5.30. The Balaban J connectivity index is 0.891. The number of unbranched alkanes of at least 4 members (excludes halogenated alkanes) is 2. The molecule has 4 heterocycles. The lowest BCUT2D eigenvalue weighted by molar-refractivity contribution is -0.438. The van der Waals surface area contributed by atoms with E-state index >= 15 is 0 Å². The van der Waals surface area contributed by atoms with Crippen molar-refractivity contribution in [3.63, 3.8) is 0 Å². The number of rotatable bonds is 21. The third-order valence-corrected chi connectivity index (χ3v) is 19.9. The van der Waals surface area contributed by atoms with Crippen LogP contribution in [0.5, 0.6) is 0 Å². The summed E-state index contributed by atoms with van der Waals surface area (Å²) >= 11 is 0. The number of imidazole rings is 1. The number of nitrogens with zero attached hydrogens (tertiary/aromatic N) is 6. The van der Waals surface area contributed by atoms with Crippen LogP contribution < -0.4 is 21.3 Å². The maximum Gasteiger partial charge on any atom is 0.490 e. The summed E-state index contributed by atoms with van der Waals surface area (Å²) in [5, 5.41) is 16.6. The van der Waals surface area contributed by atoms with Crippen LogP contribution in [0.3, 0.4) is 0 Å². The van der Waals surface area contributed by atoms with Gasteiger partial charge in [0.2, 0.25) is 11.6 Å². The highest BCUT2D eigenvalue weighted by Gasteiger charge is 2.59. The van der Waals surface area contributed by atoms with Gasteiger partial charge in [-0.05, 0) is 87.6 Å². The minimum absolute atomic E-state index is 0.00588. The maximum atomic E-state index is 13.1. The second kappa shape index (κ2) is 22.0. The molecule has 79 heavy (non-hydrogen) atoms. The Kier molecular flexibility index (Phi) is 16.6. The Morgan fingerprint density at radius 3 is 2.24 bits per heavy atom. The van der Waals surface area contributed by atoms with Crippen molar-refractivity contribution in [1.29, 1.82) is 0 Å². The molecule has 8 atom stereocenters. The summed E-state index contributed by atoms with van der Waals surface area (Å²) in [5.41, 5.74) is 8.48. The normalized spacial score (nSPS) is 25.5. The average Bonchev–Trinajstić information content (AvgIpc) is 2.56. The third kappa shape index (κ3) is 12.1. The summed E-state index contributed by atoms with van der Waals surface area (Å²) in [4.78, 5) is 77.1. The van der Waals surface area contributed by atoms with Crippen LogP contribution in [0, 0.1) is 5.92 Å². The van der Waals surface area contributed by atoms with Gasteiger partial charge in [0.25, 0.3) is 20.2 Å². The smallest absolute Gasteiger partial charge is 0.443 e. The first kappa shape index (κ1) is 59.5. The number of fused-ring (bicyclic) bond motifs is 7. The molecular formula is C45H57N9O20P3S2+. The number of nitrogen functional groups attached to an aromatic ring is 1. The van der Waals surface area contributed by atoms with Gasteiger partial charge < -0.3 is 55.3 Å². The molecule has 4 aliphatic rings. The molecule has 0 spiro atoms. The number of nitrogens with one attached hydrogen (secondary N) is 2. The van der Waals surface area contributed by atoms with Crippen molar-refractivity contribution in [3.05, 3.63) is 96.3 Å². The molecular weight excluding hydrogens is 1140 g/mol. The molecule has 1 saturated carbocycles. The van der Waals surface area contributed by atoms with Gasteiger partial charge in [-0.25, -0.2) is 33.4 Å². The lowest BCUT2D eigenvalue weighted by atomic mass is 9.60. The van der Waals surface area contributed by atoms with E-state index in [1.165, 1.54) is 35.2 Å². The molecule has 29 nitrogen and oxygen atoms in total. The zero-order valence-corrected chi connectivity index (χ0v) is 46.6. The second-order valence-electron chi connectivity index (χ2n) is 19.2. The number of ether oxygens (including phenoxy) is 1. The summed E-state index contributed by atoms with van der Waals surface area (Å²) < 4.78 is 127. The minimum Gasteiger partial charge on any atom is -0.443 e. The highest BCUT2D eigenvalue weighted by Crippen LogP contribution is 2.67. The van der Waals surface area contributed by atoms with Crippen molar-refractivity contribution in [1.82, 2.24) is 30.2 Å². The first-order valence-electron chi connectivity index (χ1n) is 24.2. The Bertz CT molecular complexity index is 3630. The molecule has 2 aliphatic heterocycles. The fraction of sp³-hybridized carbons (Fsp3) is 0.422. The topological polar surface area (TPSA) is 432 Å². The van der Waals surface area contributed by atoms with Crippen LogP contribution in [0.1, 0.15) is 70.0 Å². The Morgan fingerprint density at radius 1 is 0.899 bits per heavy atom. The highest BCUT2D eigenvalue weighted by atomic mass is 32.2. The molecule has 0 radical (unpaired) electrons. The first-order valence-corrected chi connectivity index (χ1v) is 31.6. The van der Waals surface area contributed by atoms with Crippen molar-refractivity contribution in [2.24, 2.45) is 5.92 Å². The van der Waals surface area contributed by atoms with Gasteiger partial charge in [0.05, 0.1) is 34.2 Å². The van der Waals surface area contributed by atoms with Crippen molar-refractivity contribution < 1.29 is 96.4 Å². The number of hydrogen-bond donors (Lipinski definition) is 10.